The summed E-state index contributed by atoms with van der Waals surface area (Å²) in [5, 5.41) is 17.6. The van der Waals surface area contributed by atoms with Crippen molar-refractivity contribution in [3.05, 3.63) is 75.8 Å². The summed E-state index contributed by atoms with van der Waals surface area (Å²) in [6.07, 6.45) is 3.71. The summed E-state index contributed by atoms with van der Waals surface area (Å²) in [6, 6.07) is 16.4. The molecule has 11 nitrogen and oxygen atoms in total. The van der Waals surface area contributed by atoms with Gasteiger partial charge in [0, 0.05) is 31.1 Å². The van der Waals surface area contributed by atoms with E-state index in [-0.39, 0.29) is 60.2 Å². The fourth-order valence-electron chi connectivity index (χ4n) is 7.01. The van der Waals surface area contributed by atoms with E-state index in [4.69, 9.17) is 37.2 Å². The molecule has 0 bridgehead atoms. The van der Waals surface area contributed by atoms with Crippen molar-refractivity contribution >= 4 is 53.4 Å². The molecule has 1 amide bonds. The molecule has 0 spiro atoms. The van der Waals surface area contributed by atoms with Crippen LogP contribution in [-0.2, 0) is 34.9 Å². The minimum atomic E-state index is -2.43. The Kier molecular flexibility index (Phi) is 11.4. The molecule has 3 saturated heterocycles. The number of nitrogens with zero attached hydrogens (tertiary/aromatic N) is 3. The first-order valence-electron chi connectivity index (χ1n) is 16.3. The second-order valence-electron chi connectivity index (χ2n) is 13.4. The molecule has 2 aromatic rings. The molecule has 14 heteroatoms. The van der Waals surface area contributed by atoms with Crippen LogP contribution in [0.4, 0.5) is 5.69 Å². The minimum Gasteiger partial charge on any atom is -0.599 e. The molecular formula is C34H42BCl2N5O6. The molecule has 256 valence electrons. The van der Waals surface area contributed by atoms with Crippen LogP contribution in [0.15, 0.2) is 60.2 Å². The van der Waals surface area contributed by atoms with E-state index in [1.165, 1.54) is 0 Å². The van der Waals surface area contributed by atoms with Gasteiger partial charge in [0.25, 0.3) is 5.91 Å². The molecule has 2 aromatic carbocycles. The van der Waals surface area contributed by atoms with E-state index in [0.29, 0.717) is 35.2 Å². The maximum Gasteiger partial charge on any atom is 0.600 e. The molecule has 3 aliphatic heterocycles. The van der Waals surface area contributed by atoms with Crippen LogP contribution in [0, 0.1) is 17.2 Å². The van der Waals surface area contributed by atoms with E-state index < -0.39 is 24.6 Å². The van der Waals surface area contributed by atoms with Crippen LogP contribution in [0.25, 0.3) is 0 Å². The zero-order chi connectivity index (χ0) is 34.5. The molecule has 3 heterocycles. The second-order valence-corrected chi connectivity index (χ2v) is 14.3. The molecule has 0 unspecified atom stereocenters. The number of nitriles is 1. The van der Waals surface area contributed by atoms with E-state index in [1.807, 2.05) is 51.2 Å². The van der Waals surface area contributed by atoms with Gasteiger partial charge in [-0.25, -0.2) is 0 Å². The average molecular weight is 698 g/mol. The van der Waals surface area contributed by atoms with Crippen LogP contribution < -0.4 is 10.6 Å². The summed E-state index contributed by atoms with van der Waals surface area (Å²) in [5.41, 5.74) is 1.74. The third-order valence-electron chi connectivity index (χ3n) is 9.29. The molecule has 5 rings (SSSR count). The molecule has 0 radical (unpaired) electrons. The third-order valence-corrected chi connectivity index (χ3v) is 9.85. The highest BCUT2D eigenvalue weighted by atomic mass is 35.5. The fourth-order valence-corrected chi connectivity index (χ4v) is 7.35. The Morgan fingerprint density at radius 1 is 1.17 bits per heavy atom. The average Bonchev–Trinajstić information content (AvgIpc) is 3.67. The number of anilines is 1. The van der Waals surface area contributed by atoms with Crippen LogP contribution in [-0.4, -0.2) is 98.3 Å². The molecule has 3 atom stereocenters. The molecule has 48 heavy (non-hydrogen) atoms. The second kappa shape index (κ2) is 15.3. The highest BCUT2D eigenvalue weighted by Crippen LogP contribution is 2.37. The first kappa shape index (κ1) is 35.7. The van der Waals surface area contributed by atoms with Crippen LogP contribution in [0.1, 0.15) is 32.3 Å². The topological polar surface area (TPSA) is 130 Å². The number of rotatable bonds is 14. The number of fused-ring (bicyclic) bond motifs is 1. The third kappa shape index (κ3) is 7.99. The van der Waals surface area contributed by atoms with Crippen molar-refractivity contribution in [1.82, 2.24) is 10.2 Å². The Bertz CT molecular complexity index is 1570. The minimum absolute atomic E-state index is 0.0398. The van der Waals surface area contributed by atoms with Gasteiger partial charge >= 0.3 is 18.6 Å². The number of benzene rings is 2. The zero-order valence-corrected chi connectivity index (χ0v) is 29.0. The summed E-state index contributed by atoms with van der Waals surface area (Å²) in [5.74, 6) is -1.57. The molecule has 2 N–H and O–H groups in total. The Labute approximate surface area is 291 Å². The normalized spacial score (nSPS) is 25.0. The van der Waals surface area contributed by atoms with Crippen LogP contribution >= 0.6 is 23.2 Å². The largest absolute Gasteiger partial charge is 0.600 e. The van der Waals surface area contributed by atoms with Crippen LogP contribution in [0.2, 0.25) is 10.0 Å². The standard InChI is InChI=1S/C34H42BCl2N5O6/c1-23(2)14-25(17-38)34(45)41-13-7-10-28(41)22-46-21-27(40-30-16-26(36)11-12-29(30)37)18-39-31(15-24-8-5-4-6-9-24)35-42(3,19-32(43)47-35)20-33(44)48-35/h4-6,8-9,11-12,14,16,23,27-28,31,39-40H,7,10,13,15,18-22H2,1-3H3/t27-,28+,31-,35?,42?/m0/s1. The summed E-state index contributed by atoms with van der Waals surface area (Å²) >= 11 is 12.8. The van der Waals surface area contributed by atoms with Gasteiger partial charge in [0.2, 0.25) is 0 Å². The van der Waals surface area contributed by atoms with Gasteiger partial charge in [-0.3, -0.25) is 14.4 Å². The number of halogens is 2. The van der Waals surface area contributed by atoms with Crippen molar-refractivity contribution in [3.8, 4) is 6.07 Å². The van der Waals surface area contributed by atoms with Gasteiger partial charge in [-0.05, 0) is 48.9 Å². The highest BCUT2D eigenvalue weighted by Gasteiger charge is 2.68. The van der Waals surface area contributed by atoms with Gasteiger partial charge < -0.3 is 34.0 Å². The number of amides is 1. The summed E-state index contributed by atoms with van der Waals surface area (Å²) in [7, 11) is 1.82. The number of hydrogen-bond donors (Lipinski definition) is 2. The SMILES string of the molecule is CC(C)C=C(C#N)C(=O)N1CCC[C@@H]1COC[C@H](CN[C@@H](Cc1ccccc1)[B-]12OC(=O)C[N+]1(C)CC(=O)O2)Nc1cc(Cl)ccc1Cl. The monoisotopic (exact) mass is 697 g/mol. The Morgan fingerprint density at radius 3 is 2.54 bits per heavy atom. The van der Waals surface area contributed by atoms with Gasteiger partial charge in [-0.2, -0.15) is 5.26 Å². The predicted octanol–water partition coefficient (Wildman–Crippen LogP) is 4.13. The predicted molar refractivity (Wildman–Crippen MR) is 184 cm³/mol. The van der Waals surface area contributed by atoms with Crippen molar-refractivity contribution in [2.24, 2.45) is 5.92 Å². The number of allylic oxidation sites excluding steroid dienone is 1. The maximum absolute atomic E-state index is 13.2. The molecule has 3 fully saturated rings. The van der Waals surface area contributed by atoms with E-state index >= 15 is 0 Å². The number of likely N-dealkylation sites (tertiary alicyclic amines) is 1. The maximum atomic E-state index is 13.2. The van der Waals surface area contributed by atoms with Gasteiger partial charge in [0.05, 0.1) is 36.0 Å². The van der Waals surface area contributed by atoms with Gasteiger partial charge in [0.15, 0.2) is 0 Å². The Hall–Kier alpha value is -3.60. The van der Waals surface area contributed by atoms with Crippen molar-refractivity contribution in [3.63, 3.8) is 0 Å². The molecule has 3 aliphatic rings. The van der Waals surface area contributed by atoms with E-state index in [2.05, 4.69) is 16.7 Å². The van der Waals surface area contributed by atoms with Crippen LogP contribution in [0.5, 0.6) is 0 Å². The van der Waals surface area contributed by atoms with Crippen LogP contribution in [0.3, 0.4) is 0 Å². The lowest BCUT2D eigenvalue weighted by Crippen LogP contribution is -2.71. The number of hydrogen-bond acceptors (Lipinski definition) is 9. The highest BCUT2D eigenvalue weighted by molar-refractivity contribution is 6.67. The van der Waals surface area contributed by atoms with Gasteiger partial charge in [0.1, 0.15) is 24.7 Å². The summed E-state index contributed by atoms with van der Waals surface area (Å²) < 4.78 is 18.2. The van der Waals surface area contributed by atoms with E-state index in [9.17, 15) is 19.6 Å². The Balaban J connectivity index is 1.35. The van der Waals surface area contributed by atoms with E-state index in [1.54, 1.807) is 29.2 Å². The number of carbonyl (C=O) groups excluding carboxylic acids is 3. The Morgan fingerprint density at radius 2 is 1.88 bits per heavy atom. The van der Waals surface area contributed by atoms with Crippen molar-refractivity contribution < 1.29 is 32.8 Å². The van der Waals surface area contributed by atoms with Crippen molar-refractivity contribution in [2.75, 3.05) is 51.8 Å². The van der Waals surface area contributed by atoms with Crippen molar-refractivity contribution in [2.45, 2.75) is 51.1 Å². The number of carbonyl (C=O) groups is 3. The first-order valence-corrected chi connectivity index (χ1v) is 17.1. The number of quaternary nitrogens is 1. The lowest BCUT2D eigenvalue weighted by Gasteiger charge is -2.45. The molecule has 0 aromatic heterocycles. The lowest BCUT2D eigenvalue weighted by molar-refractivity contribution is -0.794. The smallest absolute Gasteiger partial charge is 0.599 e. The summed E-state index contributed by atoms with van der Waals surface area (Å²) in [6.45, 7) is 2.87. The number of nitrogens with one attached hydrogen (secondary N) is 2. The summed E-state index contributed by atoms with van der Waals surface area (Å²) in [4.78, 5) is 40.3. The van der Waals surface area contributed by atoms with Crippen molar-refractivity contribution in [1.29, 1.82) is 5.26 Å². The van der Waals surface area contributed by atoms with E-state index in [0.717, 1.165) is 18.4 Å². The fraction of sp³-hybridized carbons (Fsp3) is 0.471. The zero-order valence-electron chi connectivity index (χ0n) is 27.5. The van der Waals surface area contributed by atoms with Gasteiger partial charge in [-0.1, -0.05) is 73.5 Å². The number of ether oxygens (including phenoxy) is 1. The first-order chi connectivity index (χ1) is 22.9. The molecule has 0 aliphatic carbocycles. The van der Waals surface area contributed by atoms with Gasteiger partial charge in [-0.15, -0.1) is 0 Å². The molecular weight excluding hydrogens is 656 g/mol. The molecule has 0 saturated carbocycles. The number of likely N-dealkylation sites (N-methyl/N-ethyl adjacent to an activating group) is 1. The quantitative estimate of drug-likeness (QED) is 0.170. The lowest BCUT2D eigenvalue weighted by atomic mass is 9.58.